The molecule has 0 atom stereocenters. The van der Waals surface area contributed by atoms with Crippen LogP contribution in [0.25, 0.3) is 0 Å². The quantitative estimate of drug-likeness (QED) is 0.683. The normalized spacial score (nSPS) is 10.7. The van der Waals surface area contributed by atoms with Crippen molar-refractivity contribution in [2.75, 3.05) is 19.4 Å². The molecule has 114 valence electrons. The molecular formula is C15H13F3N4. The van der Waals surface area contributed by atoms with Gasteiger partial charge in [-0.25, -0.2) is 0 Å². The molecule has 7 heteroatoms. The number of nitrogens with one attached hydrogen (secondary N) is 1. The third-order valence-electron chi connectivity index (χ3n) is 2.66. The molecule has 0 aliphatic rings. The fourth-order valence-corrected chi connectivity index (χ4v) is 1.57. The highest BCUT2D eigenvalue weighted by atomic mass is 19.4. The van der Waals surface area contributed by atoms with E-state index < -0.39 is 11.7 Å². The molecule has 0 saturated heterocycles. The fourth-order valence-electron chi connectivity index (χ4n) is 1.57. The van der Waals surface area contributed by atoms with E-state index in [0.29, 0.717) is 11.4 Å². The van der Waals surface area contributed by atoms with Crippen LogP contribution in [0.4, 0.5) is 18.9 Å². The molecule has 0 amide bonds. The average molecular weight is 306 g/mol. The predicted molar refractivity (Wildman–Crippen MR) is 76.1 cm³/mol. The maximum atomic E-state index is 12.4. The van der Waals surface area contributed by atoms with Crippen LogP contribution in [0.2, 0.25) is 0 Å². The molecule has 0 aromatic heterocycles. The van der Waals surface area contributed by atoms with Crippen molar-refractivity contribution in [1.29, 1.82) is 10.5 Å². The van der Waals surface area contributed by atoms with Crippen molar-refractivity contribution >= 4 is 5.69 Å². The zero-order chi connectivity index (χ0) is 16.8. The molecule has 0 unspecified atom stereocenters. The van der Waals surface area contributed by atoms with E-state index in [0.717, 1.165) is 12.1 Å². The van der Waals surface area contributed by atoms with E-state index in [1.54, 1.807) is 31.1 Å². The number of hydrogen-bond acceptors (Lipinski definition) is 4. The molecule has 0 bridgehead atoms. The zero-order valence-corrected chi connectivity index (χ0v) is 11.9. The number of nitriles is 2. The van der Waals surface area contributed by atoms with Gasteiger partial charge < -0.3 is 10.2 Å². The van der Waals surface area contributed by atoms with Crippen LogP contribution in [0.5, 0.6) is 0 Å². The second-order valence-electron chi connectivity index (χ2n) is 4.43. The summed E-state index contributed by atoms with van der Waals surface area (Å²) >= 11 is 0. The van der Waals surface area contributed by atoms with Gasteiger partial charge in [0.2, 0.25) is 0 Å². The topological polar surface area (TPSA) is 62.9 Å². The molecule has 0 aliphatic heterocycles. The lowest BCUT2D eigenvalue weighted by atomic mass is 10.2. The van der Waals surface area contributed by atoms with E-state index in [9.17, 15) is 13.2 Å². The number of likely N-dealkylation sites (N-methyl/N-ethyl adjacent to an activating group) is 1. The first-order valence-corrected chi connectivity index (χ1v) is 6.11. The summed E-state index contributed by atoms with van der Waals surface area (Å²) in [4.78, 5) is 1.59. The van der Waals surface area contributed by atoms with E-state index in [2.05, 4.69) is 5.32 Å². The summed E-state index contributed by atoms with van der Waals surface area (Å²) in [6.45, 7) is 0. The predicted octanol–water partition coefficient (Wildman–Crippen LogP) is 3.49. The largest absolute Gasteiger partial charge is 0.416 e. The minimum Gasteiger partial charge on any atom is -0.376 e. The Bertz CT molecular complexity index is 640. The number of allylic oxidation sites excluding steroid dienone is 2. The maximum absolute atomic E-state index is 12.4. The van der Waals surface area contributed by atoms with Crippen molar-refractivity contribution in [1.82, 2.24) is 4.90 Å². The second-order valence-corrected chi connectivity index (χ2v) is 4.43. The number of benzene rings is 1. The van der Waals surface area contributed by atoms with E-state index in [1.165, 1.54) is 24.4 Å². The van der Waals surface area contributed by atoms with Crippen LogP contribution in [0, 0.1) is 22.7 Å². The monoisotopic (exact) mass is 306 g/mol. The Morgan fingerprint density at radius 1 is 1.14 bits per heavy atom. The van der Waals surface area contributed by atoms with E-state index in [1.807, 2.05) is 0 Å². The minimum absolute atomic E-state index is 0.0598. The maximum Gasteiger partial charge on any atom is 0.416 e. The Labute approximate surface area is 126 Å². The van der Waals surface area contributed by atoms with E-state index >= 15 is 0 Å². The van der Waals surface area contributed by atoms with Gasteiger partial charge >= 0.3 is 6.18 Å². The molecule has 1 N–H and O–H groups in total. The Kier molecular flexibility index (Phi) is 5.59. The van der Waals surface area contributed by atoms with Gasteiger partial charge in [-0.2, -0.15) is 23.7 Å². The summed E-state index contributed by atoms with van der Waals surface area (Å²) in [5, 5.41) is 20.5. The van der Waals surface area contributed by atoms with Crippen molar-refractivity contribution < 1.29 is 13.2 Å². The number of rotatable bonds is 4. The number of alkyl halides is 3. The average Bonchev–Trinajstić information content (AvgIpc) is 2.46. The van der Waals surface area contributed by atoms with Gasteiger partial charge in [-0.05, 0) is 30.3 Å². The van der Waals surface area contributed by atoms with Gasteiger partial charge in [-0.1, -0.05) is 0 Å². The summed E-state index contributed by atoms with van der Waals surface area (Å²) in [5.74, 6) is 0. The Hall–Kier alpha value is -2.93. The van der Waals surface area contributed by atoms with Crippen molar-refractivity contribution in [2.24, 2.45) is 0 Å². The molecule has 0 aliphatic carbocycles. The highest BCUT2D eigenvalue weighted by molar-refractivity contribution is 5.49. The molecule has 0 saturated carbocycles. The summed E-state index contributed by atoms with van der Waals surface area (Å²) < 4.78 is 37.3. The van der Waals surface area contributed by atoms with Gasteiger partial charge in [-0.3, -0.25) is 0 Å². The molecule has 0 heterocycles. The van der Waals surface area contributed by atoms with Crippen LogP contribution >= 0.6 is 0 Å². The summed E-state index contributed by atoms with van der Waals surface area (Å²) in [5.41, 5.74) is 0.0601. The molecule has 1 aromatic rings. The lowest BCUT2D eigenvalue weighted by Gasteiger charge is -2.13. The van der Waals surface area contributed by atoms with Crippen LogP contribution in [0.3, 0.4) is 0 Å². The van der Waals surface area contributed by atoms with E-state index in [4.69, 9.17) is 10.5 Å². The second kappa shape index (κ2) is 7.19. The zero-order valence-electron chi connectivity index (χ0n) is 11.9. The Morgan fingerprint density at radius 2 is 1.68 bits per heavy atom. The van der Waals surface area contributed by atoms with E-state index in [-0.39, 0.29) is 5.57 Å². The van der Waals surface area contributed by atoms with Crippen LogP contribution in [-0.2, 0) is 6.18 Å². The number of anilines is 1. The molecule has 0 fully saturated rings. The van der Waals surface area contributed by atoms with Gasteiger partial charge in [0.15, 0.2) is 5.57 Å². The van der Waals surface area contributed by atoms with Crippen LogP contribution in [0.1, 0.15) is 5.56 Å². The van der Waals surface area contributed by atoms with Crippen molar-refractivity contribution in [2.45, 2.75) is 6.18 Å². The molecule has 0 radical (unpaired) electrons. The molecule has 1 rings (SSSR count). The van der Waals surface area contributed by atoms with Crippen molar-refractivity contribution in [3.63, 3.8) is 0 Å². The first kappa shape index (κ1) is 17.1. The molecule has 22 heavy (non-hydrogen) atoms. The fraction of sp³-hybridized carbons (Fsp3) is 0.200. The number of nitrogens with zero attached hydrogens (tertiary/aromatic N) is 3. The number of hydrogen-bond donors (Lipinski definition) is 1. The smallest absolute Gasteiger partial charge is 0.376 e. The van der Waals surface area contributed by atoms with Crippen molar-refractivity contribution in [3.05, 3.63) is 53.4 Å². The van der Waals surface area contributed by atoms with Gasteiger partial charge in [0.1, 0.15) is 12.1 Å². The number of halogens is 3. The molecule has 4 nitrogen and oxygen atoms in total. The molecule has 0 spiro atoms. The first-order chi connectivity index (χ1) is 10.3. The van der Waals surface area contributed by atoms with Gasteiger partial charge in [0.05, 0.1) is 11.3 Å². The highest BCUT2D eigenvalue weighted by Gasteiger charge is 2.29. The summed E-state index contributed by atoms with van der Waals surface area (Å²) in [7, 11) is 3.35. The Balaban J connectivity index is 2.88. The third-order valence-corrected chi connectivity index (χ3v) is 2.66. The van der Waals surface area contributed by atoms with Gasteiger partial charge in [-0.15, -0.1) is 0 Å². The van der Waals surface area contributed by atoms with Gasteiger partial charge in [0, 0.05) is 26.0 Å². The molecular weight excluding hydrogens is 293 g/mol. The summed E-state index contributed by atoms with van der Waals surface area (Å²) in [6.07, 6.45) is -1.42. The minimum atomic E-state index is -4.37. The Morgan fingerprint density at radius 3 is 2.09 bits per heavy atom. The first-order valence-electron chi connectivity index (χ1n) is 6.11. The molecule has 1 aromatic carbocycles. The lowest BCUT2D eigenvalue weighted by Crippen LogP contribution is -2.11. The standard InChI is InChI=1S/C15H13F3N4/c1-22(2)14(11(9-19)10-20)7-8-21-13-5-3-12(4-6-13)15(16,17)18/h3-8,21H,1-2H3/b8-7+. The third kappa shape index (κ3) is 4.57. The summed E-state index contributed by atoms with van der Waals surface area (Å²) in [6, 6.07) is 8.08. The van der Waals surface area contributed by atoms with Crippen LogP contribution in [-0.4, -0.2) is 19.0 Å². The van der Waals surface area contributed by atoms with Crippen molar-refractivity contribution in [3.8, 4) is 12.1 Å². The van der Waals surface area contributed by atoms with Crippen LogP contribution in [0.15, 0.2) is 47.8 Å². The lowest BCUT2D eigenvalue weighted by molar-refractivity contribution is -0.137. The SMILES string of the molecule is CN(C)C(/C=C/Nc1ccc(C(F)(F)F)cc1)=C(C#N)C#N. The highest BCUT2D eigenvalue weighted by Crippen LogP contribution is 2.29. The van der Waals surface area contributed by atoms with Gasteiger partial charge in [0.25, 0.3) is 0 Å². The van der Waals surface area contributed by atoms with Crippen LogP contribution < -0.4 is 5.32 Å².